The molecule has 118 valence electrons. The molecule has 0 atom stereocenters. The van der Waals surface area contributed by atoms with Crippen LogP contribution in [0.4, 0.5) is 0 Å². The molecule has 3 nitrogen and oxygen atoms in total. The quantitative estimate of drug-likeness (QED) is 0.745. The van der Waals surface area contributed by atoms with E-state index in [9.17, 15) is 0 Å². The summed E-state index contributed by atoms with van der Waals surface area (Å²) in [6, 6.07) is 21.0. The van der Waals surface area contributed by atoms with Gasteiger partial charge in [0.15, 0.2) is 0 Å². The Balaban J connectivity index is 1.76. The first-order valence-electron chi connectivity index (χ1n) is 8.03. The molecule has 1 N–H and O–H groups in total. The minimum atomic E-state index is 0.838. The number of aryl methyl sites for hydroxylation is 2. The highest BCUT2D eigenvalue weighted by molar-refractivity contribution is 6.16. The molecular weight excluding hydrogens is 294 g/mol. The van der Waals surface area contributed by atoms with E-state index in [1.807, 2.05) is 12.1 Å². The second-order valence-electron chi connectivity index (χ2n) is 6.09. The van der Waals surface area contributed by atoms with Gasteiger partial charge in [-0.05, 0) is 38.1 Å². The van der Waals surface area contributed by atoms with Crippen molar-refractivity contribution in [1.82, 2.24) is 9.99 Å². The van der Waals surface area contributed by atoms with Gasteiger partial charge in [0.05, 0.1) is 11.4 Å². The Morgan fingerprint density at radius 3 is 2.12 bits per heavy atom. The fraction of sp³-hybridized carbons (Fsp3) is 0.0952. The van der Waals surface area contributed by atoms with Crippen molar-refractivity contribution >= 4 is 11.4 Å². The van der Waals surface area contributed by atoms with Crippen LogP contribution >= 0.6 is 0 Å². The van der Waals surface area contributed by atoms with Gasteiger partial charge < -0.3 is 4.57 Å². The average molecular weight is 313 g/mol. The van der Waals surface area contributed by atoms with Crippen LogP contribution in [0.25, 0.3) is 11.4 Å². The Morgan fingerprint density at radius 2 is 1.46 bits per heavy atom. The van der Waals surface area contributed by atoms with E-state index in [2.05, 4.69) is 84.1 Å². The van der Waals surface area contributed by atoms with Crippen LogP contribution in [0.5, 0.6) is 0 Å². The van der Waals surface area contributed by atoms with Gasteiger partial charge in [-0.15, -0.1) is 0 Å². The Bertz CT molecular complexity index is 940. The topological polar surface area (TPSA) is 29.3 Å². The zero-order valence-electron chi connectivity index (χ0n) is 13.9. The lowest BCUT2D eigenvalue weighted by Crippen LogP contribution is -2.19. The summed E-state index contributed by atoms with van der Waals surface area (Å²) in [5, 5.41) is 4.51. The highest BCUT2D eigenvalue weighted by Gasteiger charge is 2.17. The predicted octanol–water partition coefficient (Wildman–Crippen LogP) is 4.42. The zero-order valence-corrected chi connectivity index (χ0v) is 13.9. The van der Waals surface area contributed by atoms with Crippen molar-refractivity contribution in [3.05, 3.63) is 95.3 Å². The number of aromatic nitrogens is 1. The molecule has 0 radical (unpaired) electrons. The van der Waals surface area contributed by atoms with Crippen LogP contribution < -0.4 is 5.43 Å². The van der Waals surface area contributed by atoms with E-state index in [1.165, 1.54) is 17.1 Å². The molecule has 0 fully saturated rings. The Kier molecular flexibility index (Phi) is 3.35. The summed E-state index contributed by atoms with van der Waals surface area (Å²) in [6.07, 6.45) is 0. The van der Waals surface area contributed by atoms with Gasteiger partial charge in [0.2, 0.25) is 0 Å². The first-order chi connectivity index (χ1) is 11.6. The van der Waals surface area contributed by atoms with Crippen molar-refractivity contribution in [3.63, 3.8) is 0 Å². The predicted molar refractivity (Wildman–Crippen MR) is 99.5 cm³/mol. The summed E-state index contributed by atoms with van der Waals surface area (Å²) in [5.74, 6) is 0. The van der Waals surface area contributed by atoms with Gasteiger partial charge >= 0.3 is 0 Å². The van der Waals surface area contributed by atoms with Crippen LogP contribution in [-0.4, -0.2) is 10.3 Å². The molecule has 0 spiro atoms. The third-order valence-corrected chi connectivity index (χ3v) is 4.48. The lowest BCUT2D eigenvalue weighted by Gasteiger charge is -2.20. The van der Waals surface area contributed by atoms with Crippen molar-refractivity contribution in [3.8, 4) is 5.69 Å². The number of benzene rings is 2. The smallest absolute Gasteiger partial charge is 0.0984 e. The fourth-order valence-electron chi connectivity index (χ4n) is 3.26. The van der Waals surface area contributed by atoms with E-state index < -0.39 is 0 Å². The molecule has 2 aromatic carbocycles. The summed E-state index contributed by atoms with van der Waals surface area (Å²) >= 11 is 0. The average Bonchev–Trinajstić information content (AvgIpc) is 2.94. The standard InChI is InChI=1S/C21H19N3/c1-14-8-9-15(2)24(14)18-12-10-17(11-13-18)21-20-7-5-4-6-19(20)16(3)22-23-21/h4-13,22H,3H2,1-2H3. The third-order valence-electron chi connectivity index (χ3n) is 4.48. The molecule has 24 heavy (non-hydrogen) atoms. The molecule has 1 aromatic heterocycles. The Labute approximate surface area is 142 Å². The fourth-order valence-corrected chi connectivity index (χ4v) is 3.26. The molecule has 3 heteroatoms. The molecule has 2 heterocycles. The van der Waals surface area contributed by atoms with Crippen molar-refractivity contribution < 1.29 is 0 Å². The molecule has 0 saturated heterocycles. The van der Waals surface area contributed by atoms with Gasteiger partial charge in [-0.3, -0.25) is 5.43 Å². The highest BCUT2D eigenvalue weighted by atomic mass is 15.3. The number of nitrogens with one attached hydrogen (secondary N) is 1. The van der Waals surface area contributed by atoms with E-state index in [1.54, 1.807) is 0 Å². The second kappa shape index (κ2) is 5.53. The molecule has 1 aliphatic rings. The third kappa shape index (κ3) is 2.26. The maximum absolute atomic E-state index is 4.51. The van der Waals surface area contributed by atoms with E-state index in [0.29, 0.717) is 0 Å². The number of nitrogens with zero attached hydrogens (tertiary/aromatic N) is 2. The first kappa shape index (κ1) is 14.5. The summed E-state index contributed by atoms with van der Waals surface area (Å²) in [4.78, 5) is 0. The maximum atomic E-state index is 4.51. The number of hydrogen-bond donors (Lipinski definition) is 1. The van der Waals surface area contributed by atoms with Gasteiger partial charge in [-0.1, -0.05) is 43.0 Å². The van der Waals surface area contributed by atoms with E-state index >= 15 is 0 Å². The number of rotatable bonds is 2. The Morgan fingerprint density at radius 1 is 0.833 bits per heavy atom. The lowest BCUT2D eigenvalue weighted by molar-refractivity contribution is 0.964. The molecule has 0 saturated carbocycles. The van der Waals surface area contributed by atoms with Gasteiger partial charge in [0.25, 0.3) is 0 Å². The second-order valence-corrected chi connectivity index (χ2v) is 6.09. The monoisotopic (exact) mass is 313 g/mol. The summed E-state index contributed by atoms with van der Waals surface area (Å²) in [6.45, 7) is 8.28. The molecule has 3 aromatic rings. The van der Waals surface area contributed by atoms with Crippen LogP contribution in [0, 0.1) is 13.8 Å². The van der Waals surface area contributed by atoms with Crippen LogP contribution in [-0.2, 0) is 0 Å². The van der Waals surface area contributed by atoms with Gasteiger partial charge in [0, 0.05) is 33.8 Å². The molecule has 1 aliphatic heterocycles. The number of hydrazone groups is 1. The number of fused-ring (bicyclic) bond motifs is 1. The van der Waals surface area contributed by atoms with Crippen molar-refractivity contribution in [2.45, 2.75) is 13.8 Å². The molecule has 0 aliphatic carbocycles. The van der Waals surface area contributed by atoms with Crippen molar-refractivity contribution in [1.29, 1.82) is 0 Å². The van der Waals surface area contributed by atoms with Crippen LogP contribution in [0.2, 0.25) is 0 Å². The van der Waals surface area contributed by atoms with Crippen molar-refractivity contribution in [2.24, 2.45) is 5.10 Å². The molecule has 4 rings (SSSR count). The number of hydrogen-bond acceptors (Lipinski definition) is 2. The zero-order chi connectivity index (χ0) is 16.7. The van der Waals surface area contributed by atoms with Gasteiger partial charge in [-0.25, -0.2) is 0 Å². The molecule has 0 bridgehead atoms. The lowest BCUT2D eigenvalue weighted by atomic mass is 9.95. The summed E-state index contributed by atoms with van der Waals surface area (Å²) in [5.41, 5.74) is 11.8. The maximum Gasteiger partial charge on any atom is 0.0984 e. The van der Waals surface area contributed by atoms with Gasteiger partial charge in [0.1, 0.15) is 0 Å². The Hall–Kier alpha value is -3.07. The van der Waals surface area contributed by atoms with Crippen LogP contribution in [0.1, 0.15) is 28.1 Å². The minimum Gasteiger partial charge on any atom is -0.319 e. The molecule has 0 unspecified atom stereocenters. The van der Waals surface area contributed by atoms with Crippen LogP contribution in [0.15, 0.2) is 72.3 Å². The summed E-state index contributed by atoms with van der Waals surface area (Å²) < 4.78 is 2.25. The highest BCUT2D eigenvalue weighted by Crippen LogP contribution is 2.25. The van der Waals surface area contributed by atoms with Crippen molar-refractivity contribution in [2.75, 3.05) is 0 Å². The van der Waals surface area contributed by atoms with Gasteiger partial charge in [-0.2, -0.15) is 5.10 Å². The summed E-state index contributed by atoms with van der Waals surface area (Å²) in [7, 11) is 0. The molecule has 0 amide bonds. The molecular formula is C21H19N3. The SMILES string of the molecule is C=C1NN=C(c2ccc(-n3c(C)ccc3C)cc2)c2ccccc21. The first-order valence-corrected chi connectivity index (χ1v) is 8.03. The van der Waals surface area contributed by atoms with E-state index in [4.69, 9.17) is 0 Å². The minimum absolute atomic E-state index is 0.838. The van der Waals surface area contributed by atoms with E-state index in [0.717, 1.165) is 28.1 Å². The van der Waals surface area contributed by atoms with Crippen LogP contribution in [0.3, 0.4) is 0 Å². The normalized spacial score (nSPS) is 13.2. The largest absolute Gasteiger partial charge is 0.319 e. The van der Waals surface area contributed by atoms with E-state index in [-0.39, 0.29) is 0 Å².